The van der Waals surface area contributed by atoms with Gasteiger partial charge >= 0.3 is 6.03 Å². The molecule has 2 aliphatic heterocycles. The van der Waals surface area contributed by atoms with Gasteiger partial charge in [0.15, 0.2) is 0 Å². The lowest BCUT2D eigenvalue weighted by Gasteiger charge is -2.24. The molecule has 24 heavy (non-hydrogen) atoms. The summed E-state index contributed by atoms with van der Waals surface area (Å²) in [5.41, 5.74) is 0.924. The first-order valence-electron chi connectivity index (χ1n) is 7.92. The Hall–Kier alpha value is -2.64. The first-order valence-corrected chi connectivity index (χ1v) is 7.92. The van der Waals surface area contributed by atoms with Gasteiger partial charge in [-0.25, -0.2) is 9.18 Å². The molecule has 0 bridgehead atoms. The number of nitrogens with zero attached hydrogens (tertiary/aromatic N) is 2. The third kappa shape index (κ3) is 3.64. The summed E-state index contributed by atoms with van der Waals surface area (Å²) in [7, 11) is 0. The van der Waals surface area contributed by atoms with E-state index in [1.165, 1.54) is 12.1 Å². The number of rotatable bonds is 3. The molecule has 0 unspecified atom stereocenters. The topological polar surface area (TPSA) is 81.8 Å². The maximum absolute atomic E-state index is 13.0. The minimum absolute atomic E-state index is 0.0336. The zero-order valence-corrected chi connectivity index (χ0v) is 13.1. The minimum Gasteiger partial charge on any atom is -0.370 e. The zero-order valence-electron chi connectivity index (χ0n) is 13.1. The Morgan fingerprint density at radius 2 is 1.88 bits per heavy atom. The summed E-state index contributed by atoms with van der Waals surface area (Å²) in [5, 5.41) is 4.56. The highest BCUT2D eigenvalue weighted by Gasteiger charge is 2.33. The van der Waals surface area contributed by atoms with E-state index >= 15 is 0 Å². The van der Waals surface area contributed by atoms with Gasteiger partial charge in [0.2, 0.25) is 5.91 Å². The molecular formula is C16H19FN4O3. The lowest BCUT2D eigenvalue weighted by atomic mass is 10.2. The van der Waals surface area contributed by atoms with Crippen LogP contribution in [0.5, 0.6) is 0 Å². The molecule has 0 radical (unpaired) electrons. The molecule has 1 aromatic rings. The molecule has 7 nitrogen and oxygen atoms in total. The Labute approximate surface area is 138 Å². The number of hydrogen-bond acceptors (Lipinski definition) is 4. The average molecular weight is 334 g/mol. The van der Waals surface area contributed by atoms with E-state index in [0.717, 1.165) is 18.7 Å². The van der Waals surface area contributed by atoms with Crippen LogP contribution < -0.4 is 15.5 Å². The van der Waals surface area contributed by atoms with Gasteiger partial charge in [-0.1, -0.05) is 0 Å². The molecule has 0 aromatic heterocycles. The van der Waals surface area contributed by atoms with Crippen LogP contribution in [0.2, 0.25) is 0 Å². The van der Waals surface area contributed by atoms with Gasteiger partial charge in [-0.2, -0.15) is 0 Å². The van der Waals surface area contributed by atoms with Gasteiger partial charge in [-0.15, -0.1) is 0 Å². The van der Waals surface area contributed by atoms with Crippen LogP contribution in [-0.2, 0) is 9.59 Å². The molecule has 128 valence electrons. The van der Waals surface area contributed by atoms with E-state index in [1.54, 1.807) is 17.0 Å². The van der Waals surface area contributed by atoms with E-state index in [1.807, 2.05) is 0 Å². The maximum Gasteiger partial charge on any atom is 0.322 e. The van der Waals surface area contributed by atoms with Gasteiger partial charge in [0.1, 0.15) is 11.9 Å². The van der Waals surface area contributed by atoms with E-state index in [0.29, 0.717) is 19.6 Å². The highest BCUT2D eigenvalue weighted by molar-refractivity contribution is 6.05. The SMILES string of the molecule is O=C1NC(=O)[C@H](CC(=O)N2CCCN(c3ccc(F)cc3)CC2)N1. The van der Waals surface area contributed by atoms with E-state index in [2.05, 4.69) is 15.5 Å². The molecule has 2 saturated heterocycles. The smallest absolute Gasteiger partial charge is 0.322 e. The summed E-state index contributed by atoms with van der Waals surface area (Å²) >= 11 is 0. The van der Waals surface area contributed by atoms with Crippen LogP contribution in [-0.4, -0.2) is 55.0 Å². The van der Waals surface area contributed by atoms with Crippen molar-refractivity contribution in [3.8, 4) is 0 Å². The third-order valence-electron chi connectivity index (χ3n) is 4.28. The largest absolute Gasteiger partial charge is 0.370 e. The number of amides is 4. The van der Waals surface area contributed by atoms with Crippen molar-refractivity contribution in [1.82, 2.24) is 15.5 Å². The average Bonchev–Trinajstić information content (AvgIpc) is 2.76. The highest BCUT2D eigenvalue weighted by atomic mass is 19.1. The first-order chi connectivity index (χ1) is 11.5. The Balaban J connectivity index is 1.57. The van der Waals surface area contributed by atoms with Crippen LogP contribution in [0.3, 0.4) is 0 Å². The van der Waals surface area contributed by atoms with Gasteiger partial charge in [-0.05, 0) is 30.7 Å². The van der Waals surface area contributed by atoms with Crippen LogP contribution in [0.15, 0.2) is 24.3 Å². The monoisotopic (exact) mass is 334 g/mol. The fraction of sp³-hybridized carbons (Fsp3) is 0.438. The summed E-state index contributed by atoms with van der Waals surface area (Å²) in [6.45, 7) is 2.54. The molecule has 0 aliphatic carbocycles. The van der Waals surface area contributed by atoms with Crippen LogP contribution in [0.1, 0.15) is 12.8 Å². The van der Waals surface area contributed by atoms with Gasteiger partial charge in [0.25, 0.3) is 5.91 Å². The highest BCUT2D eigenvalue weighted by Crippen LogP contribution is 2.17. The van der Waals surface area contributed by atoms with E-state index < -0.39 is 18.0 Å². The fourth-order valence-electron chi connectivity index (χ4n) is 2.98. The second-order valence-electron chi connectivity index (χ2n) is 5.92. The maximum atomic E-state index is 13.0. The standard InChI is InChI=1S/C16H19FN4O3/c17-11-2-4-12(5-3-11)20-6-1-7-21(9-8-20)14(22)10-13-15(23)19-16(24)18-13/h2-5,13H,1,6-10H2,(H2,18,19,23,24)/t13-/m0/s1. The van der Waals surface area contributed by atoms with Crippen molar-refractivity contribution in [3.05, 3.63) is 30.1 Å². The Morgan fingerprint density at radius 3 is 2.54 bits per heavy atom. The summed E-state index contributed by atoms with van der Waals surface area (Å²) < 4.78 is 13.0. The van der Waals surface area contributed by atoms with Gasteiger partial charge in [-0.3, -0.25) is 14.9 Å². The second kappa shape index (κ2) is 6.86. The number of nitrogens with one attached hydrogen (secondary N) is 2. The van der Waals surface area contributed by atoms with Crippen LogP contribution in [0, 0.1) is 5.82 Å². The first kappa shape index (κ1) is 16.2. The molecule has 0 saturated carbocycles. The summed E-state index contributed by atoms with van der Waals surface area (Å²) in [5.74, 6) is -0.892. The predicted octanol–water partition coefficient (Wildman–Crippen LogP) is 0.463. The Morgan fingerprint density at radius 1 is 1.12 bits per heavy atom. The van der Waals surface area contributed by atoms with Gasteiger partial charge < -0.3 is 15.1 Å². The normalized spacial score (nSPS) is 21.3. The number of urea groups is 1. The molecule has 4 amide bonds. The number of hydrogen-bond donors (Lipinski definition) is 2. The number of carbonyl (C=O) groups excluding carboxylic acids is 3. The molecule has 2 heterocycles. The van der Waals surface area contributed by atoms with Gasteiger partial charge in [0.05, 0.1) is 6.42 Å². The molecule has 2 aliphatic rings. The second-order valence-corrected chi connectivity index (χ2v) is 5.92. The van der Waals surface area contributed by atoms with Crippen molar-refractivity contribution in [1.29, 1.82) is 0 Å². The van der Waals surface area contributed by atoms with E-state index in [9.17, 15) is 18.8 Å². The third-order valence-corrected chi connectivity index (χ3v) is 4.28. The molecule has 2 fully saturated rings. The molecule has 1 atom stereocenters. The Bertz CT molecular complexity index is 649. The van der Waals surface area contributed by atoms with Crippen molar-refractivity contribution < 1.29 is 18.8 Å². The Kier molecular flexibility index (Phi) is 4.64. The molecule has 1 aromatic carbocycles. The van der Waals surface area contributed by atoms with Crippen molar-refractivity contribution in [2.45, 2.75) is 18.9 Å². The lowest BCUT2D eigenvalue weighted by molar-refractivity contribution is -0.133. The van der Waals surface area contributed by atoms with Crippen molar-refractivity contribution in [2.75, 3.05) is 31.1 Å². The molecule has 2 N–H and O–H groups in total. The predicted molar refractivity (Wildman–Crippen MR) is 84.9 cm³/mol. The van der Waals surface area contributed by atoms with Crippen molar-refractivity contribution in [2.24, 2.45) is 0 Å². The van der Waals surface area contributed by atoms with Crippen molar-refractivity contribution in [3.63, 3.8) is 0 Å². The van der Waals surface area contributed by atoms with Crippen LogP contribution in [0.25, 0.3) is 0 Å². The summed E-state index contributed by atoms with van der Waals surface area (Å²) in [4.78, 5) is 38.8. The summed E-state index contributed by atoms with van der Waals surface area (Å²) in [6, 6.07) is 4.95. The van der Waals surface area contributed by atoms with Crippen molar-refractivity contribution >= 4 is 23.5 Å². The van der Waals surface area contributed by atoms with E-state index in [4.69, 9.17) is 0 Å². The molecular weight excluding hydrogens is 315 g/mol. The number of imide groups is 1. The molecule has 8 heteroatoms. The number of anilines is 1. The quantitative estimate of drug-likeness (QED) is 0.787. The van der Waals surface area contributed by atoms with Gasteiger partial charge in [0, 0.05) is 31.9 Å². The fourth-order valence-corrected chi connectivity index (χ4v) is 2.98. The minimum atomic E-state index is -0.790. The van der Waals surface area contributed by atoms with Crippen LogP contribution in [0.4, 0.5) is 14.9 Å². The van der Waals surface area contributed by atoms with E-state index in [-0.39, 0.29) is 18.1 Å². The summed E-state index contributed by atoms with van der Waals surface area (Å²) in [6.07, 6.45) is 0.750. The van der Waals surface area contributed by atoms with Crippen LogP contribution >= 0.6 is 0 Å². The molecule has 0 spiro atoms. The lowest BCUT2D eigenvalue weighted by Crippen LogP contribution is -2.40. The molecule has 3 rings (SSSR count). The number of carbonyl (C=O) groups is 3. The number of benzene rings is 1. The number of halogens is 1. The zero-order chi connectivity index (χ0) is 17.1.